The van der Waals surface area contributed by atoms with Gasteiger partial charge in [0.05, 0.1) is 17.8 Å². The fraction of sp³-hybridized carbons (Fsp3) is 0.632. The fourth-order valence-electron chi connectivity index (χ4n) is 3.35. The molecular weight excluding hydrogens is 276 g/mol. The van der Waals surface area contributed by atoms with Crippen molar-refractivity contribution in [3.63, 3.8) is 0 Å². The summed E-state index contributed by atoms with van der Waals surface area (Å²) in [5, 5.41) is 0. The molecule has 0 bridgehead atoms. The molecule has 0 amide bonds. The first kappa shape index (κ1) is 15.5. The standard InChI is InChI=1S/C19H26O3/c20-19(15-9-5-4-6-10-15)22-18-13-17(14-18)21-16-11-7-2-1-3-8-12-16/h4-6,9-10,16-18H,1-3,7-8,11-14H2/t17-,18+. The fourth-order valence-corrected chi connectivity index (χ4v) is 3.35. The van der Waals surface area contributed by atoms with Gasteiger partial charge >= 0.3 is 5.97 Å². The Bertz CT molecular complexity index is 457. The van der Waals surface area contributed by atoms with Crippen LogP contribution in [0, 0.1) is 0 Å². The highest BCUT2D eigenvalue weighted by molar-refractivity contribution is 5.89. The first-order valence-corrected chi connectivity index (χ1v) is 8.73. The van der Waals surface area contributed by atoms with Crippen molar-refractivity contribution in [1.82, 2.24) is 0 Å². The monoisotopic (exact) mass is 302 g/mol. The lowest BCUT2D eigenvalue weighted by Gasteiger charge is -2.37. The minimum Gasteiger partial charge on any atom is -0.459 e. The van der Waals surface area contributed by atoms with Gasteiger partial charge in [0, 0.05) is 12.8 Å². The third-order valence-electron chi connectivity index (χ3n) is 4.77. The van der Waals surface area contributed by atoms with Crippen molar-refractivity contribution in [1.29, 1.82) is 0 Å². The zero-order chi connectivity index (χ0) is 15.2. The largest absolute Gasteiger partial charge is 0.459 e. The van der Waals surface area contributed by atoms with Crippen molar-refractivity contribution >= 4 is 5.97 Å². The maximum atomic E-state index is 12.0. The van der Waals surface area contributed by atoms with Gasteiger partial charge in [-0.1, -0.05) is 50.3 Å². The van der Waals surface area contributed by atoms with Crippen LogP contribution in [0.2, 0.25) is 0 Å². The average Bonchev–Trinajstić information content (AvgIpc) is 2.47. The predicted octanol–water partition coefficient (Wildman–Crippen LogP) is 4.50. The molecule has 0 saturated heterocycles. The van der Waals surface area contributed by atoms with E-state index in [1.54, 1.807) is 12.1 Å². The number of esters is 1. The van der Waals surface area contributed by atoms with Crippen LogP contribution in [-0.4, -0.2) is 24.3 Å². The van der Waals surface area contributed by atoms with Crippen LogP contribution in [0.3, 0.4) is 0 Å². The van der Waals surface area contributed by atoms with E-state index in [1.165, 1.54) is 44.9 Å². The summed E-state index contributed by atoms with van der Waals surface area (Å²) in [7, 11) is 0. The molecule has 2 saturated carbocycles. The Morgan fingerprint density at radius 2 is 1.45 bits per heavy atom. The van der Waals surface area contributed by atoms with Crippen LogP contribution in [0.1, 0.15) is 68.1 Å². The normalized spacial score (nSPS) is 26.5. The van der Waals surface area contributed by atoms with Crippen LogP contribution in [0.25, 0.3) is 0 Å². The summed E-state index contributed by atoms with van der Waals surface area (Å²) >= 11 is 0. The minimum absolute atomic E-state index is 0.0336. The van der Waals surface area contributed by atoms with Crippen molar-refractivity contribution in [3.05, 3.63) is 35.9 Å². The maximum absolute atomic E-state index is 12.0. The lowest BCUT2D eigenvalue weighted by molar-refractivity contribution is -0.113. The molecule has 0 spiro atoms. The molecule has 22 heavy (non-hydrogen) atoms. The Balaban J connectivity index is 1.37. The second-order valence-electron chi connectivity index (χ2n) is 6.59. The van der Waals surface area contributed by atoms with E-state index in [4.69, 9.17) is 9.47 Å². The topological polar surface area (TPSA) is 35.5 Å². The predicted molar refractivity (Wildman–Crippen MR) is 85.9 cm³/mol. The van der Waals surface area contributed by atoms with Crippen LogP contribution >= 0.6 is 0 Å². The lowest BCUT2D eigenvalue weighted by atomic mass is 9.90. The summed E-state index contributed by atoms with van der Waals surface area (Å²) in [5.41, 5.74) is 0.631. The van der Waals surface area contributed by atoms with Gasteiger partial charge in [0.1, 0.15) is 6.10 Å². The highest BCUT2D eigenvalue weighted by Crippen LogP contribution is 2.31. The molecule has 1 aromatic carbocycles. The first-order chi connectivity index (χ1) is 10.8. The molecule has 0 radical (unpaired) electrons. The van der Waals surface area contributed by atoms with Gasteiger partial charge in [-0.2, -0.15) is 0 Å². The van der Waals surface area contributed by atoms with Crippen LogP contribution in [0.15, 0.2) is 30.3 Å². The van der Waals surface area contributed by atoms with Gasteiger partial charge in [-0.05, 0) is 25.0 Å². The zero-order valence-electron chi connectivity index (χ0n) is 13.2. The number of benzene rings is 1. The van der Waals surface area contributed by atoms with E-state index in [2.05, 4.69) is 0 Å². The van der Waals surface area contributed by atoms with Crippen LogP contribution in [-0.2, 0) is 9.47 Å². The van der Waals surface area contributed by atoms with Gasteiger partial charge in [-0.25, -0.2) is 4.79 Å². The lowest BCUT2D eigenvalue weighted by Crippen LogP contribution is -2.41. The molecule has 0 atom stereocenters. The summed E-state index contributed by atoms with van der Waals surface area (Å²) in [4.78, 5) is 12.0. The number of ether oxygens (including phenoxy) is 2. The average molecular weight is 302 g/mol. The number of carbonyl (C=O) groups excluding carboxylic acids is 1. The highest BCUT2D eigenvalue weighted by atomic mass is 16.6. The number of hydrogen-bond donors (Lipinski definition) is 0. The molecule has 0 aromatic heterocycles. The first-order valence-electron chi connectivity index (χ1n) is 8.73. The third kappa shape index (κ3) is 4.33. The molecule has 0 heterocycles. The van der Waals surface area contributed by atoms with Gasteiger partial charge in [-0.15, -0.1) is 0 Å². The zero-order valence-corrected chi connectivity index (χ0v) is 13.2. The summed E-state index contributed by atoms with van der Waals surface area (Å²) in [5.74, 6) is -0.213. The Morgan fingerprint density at radius 1 is 0.818 bits per heavy atom. The SMILES string of the molecule is O=C(O[C@H]1C[C@@H](OC2CCCCCCC2)C1)c1ccccc1. The highest BCUT2D eigenvalue weighted by Gasteiger charge is 2.34. The van der Waals surface area contributed by atoms with E-state index in [-0.39, 0.29) is 18.2 Å². The summed E-state index contributed by atoms with van der Waals surface area (Å²) in [6, 6.07) is 9.21. The van der Waals surface area contributed by atoms with E-state index in [0.29, 0.717) is 11.7 Å². The Morgan fingerprint density at radius 3 is 2.14 bits per heavy atom. The molecule has 0 N–H and O–H groups in total. The molecule has 3 nitrogen and oxygen atoms in total. The molecule has 0 unspecified atom stereocenters. The van der Waals surface area contributed by atoms with Crippen molar-refractivity contribution in [2.75, 3.05) is 0 Å². The Labute approximate surface area is 133 Å². The van der Waals surface area contributed by atoms with Crippen molar-refractivity contribution in [2.24, 2.45) is 0 Å². The van der Waals surface area contributed by atoms with Gasteiger partial charge in [0.25, 0.3) is 0 Å². The molecule has 2 aliphatic rings. The quantitative estimate of drug-likeness (QED) is 0.768. The molecular formula is C19H26O3. The Kier molecular flexibility index (Phi) is 5.49. The molecule has 120 valence electrons. The van der Waals surface area contributed by atoms with Crippen molar-refractivity contribution in [2.45, 2.75) is 76.1 Å². The summed E-state index contributed by atoms with van der Waals surface area (Å²) < 4.78 is 11.7. The van der Waals surface area contributed by atoms with Crippen LogP contribution in [0.4, 0.5) is 0 Å². The smallest absolute Gasteiger partial charge is 0.338 e. The minimum atomic E-state index is -0.213. The number of hydrogen-bond acceptors (Lipinski definition) is 3. The molecule has 0 aliphatic heterocycles. The molecule has 1 aromatic rings. The van der Waals surface area contributed by atoms with Crippen LogP contribution in [0.5, 0.6) is 0 Å². The third-order valence-corrected chi connectivity index (χ3v) is 4.77. The van der Waals surface area contributed by atoms with E-state index in [9.17, 15) is 4.79 Å². The molecule has 2 fully saturated rings. The number of carbonyl (C=O) groups is 1. The van der Waals surface area contributed by atoms with Gasteiger partial charge in [0.2, 0.25) is 0 Å². The van der Waals surface area contributed by atoms with Gasteiger partial charge in [-0.3, -0.25) is 0 Å². The van der Waals surface area contributed by atoms with E-state index >= 15 is 0 Å². The molecule has 3 rings (SSSR count). The van der Waals surface area contributed by atoms with Gasteiger partial charge in [0.15, 0.2) is 0 Å². The summed E-state index contributed by atoms with van der Waals surface area (Å²) in [6.45, 7) is 0. The molecule has 2 aliphatic carbocycles. The van der Waals surface area contributed by atoms with E-state index < -0.39 is 0 Å². The number of rotatable bonds is 4. The Hall–Kier alpha value is -1.35. The van der Waals surface area contributed by atoms with Gasteiger partial charge < -0.3 is 9.47 Å². The second kappa shape index (κ2) is 7.77. The second-order valence-corrected chi connectivity index (χ2v) is 6.59. The van der Waals surface area contributed by atoms with Crippen molar-refractivity contribution in [3.8, 4) is 0 Å². The van der Waals surface area contributed by atoms with E-state index in [0.717, 1.165) is 12.8 Å². The molecule has 3 heteroatoms. The maximum Gasteiger partial charge on any atom is 0.338 e. The van der Waals surface area contributed by atoms with E-state index in [1.807, 2.05) is 18.2 Å². The summed E-state index contributed by atoms with van der Waals surface area (Å²) in [6.07, 6.45) is 11.5. The van der Waals surface area contributed by atoms with Crippen LogP contribution < -0.4 is 0 Å². The van der Waals surface area contributed by atoms with Crippen molar-refractivity contribution < 1.29 is 14.3 Å².